The van der Waals surface area contributed by atoms with Crippen molar-refractivity contribution in [2.24, 2.45) is 0 Å². The second kappa shape index (κ2) is 6.86. The third kappa shape index (κ3) is 4.47. The SMILES string of the molecule is O=C(CC1CSCCN1)Nc1cccc(C(F)F)c1. The smallest absolute Gasteiger partial charge is 0.263 e. The number of anilines is 1. The van der Waals surface area contributed by atoms with Gasteiger partial charge in [-0.1, -0.05) is 12.1 Å². The fourth-order valence-electron chi connectivity index (χ4n) is 1.94. The van der Waals surface area contributed by atoms with Gasteiger partial charge in [-0.05, 0) is 12.1 Å². The molecule has 1 amide bonds. The molecule has 0 spiro atoms. The van der Waals surface area contributed by atoms with E-state index in [1.807, 2.05) is 11.8 Å². The van der Waals surface area contributed by atoms with Crippen LogP contribution in [0.4, 0.5) is 14.5 Å². The lowest BCUT2D eigenvalue weighted by atomic mass is 10.2. The van der Waals surface area contributed by atoms with Crippen molar-refractivity contribution in [2.75, 3.05) is 23.4 Å². The van der Waals surface area contributed by atoms with Gasteiger partial charge in [-0.25, -0.2) is 8.78 Å². The maximum Gasteiger partial charge on any atom is 0.263 e. The Hall–Kier alpha value is -1.14. The van der Waals surface area contributed by atoms with E-state index in [1.54, 1.807) is 6.07 Å². The van der Waals surface area contributed by atoms with Crippen molar-refractivity contribution < 1.29 is 13.6 Å². The number of alkyl halides is 2. The molecule has 1 fully saturated rings. The Bertz CT molecular complexity index is 436. The second-order valence-corrected chi connectivity index (χ2v) is 5.55. The van der Waals surface area contributed by atoms with E-state index < -0.39 is 6.43 Å². The van der Waals surface area contributed by atoms with Crippen molar-refractivity contribution in [3.8, 4) is 0 Å². The molecule has 6 heteroatoms. The summed E-state index contributed by atoms with van der Waals surface area (Å²) in [6.45, 7) is 0.906. The predicted octanol–water partition coefficient (Wildman–Crippen LogP) is 2.66. The number of thioether (sulfide) groups is 1. The van der Waals surface area contributed by atoms with E-state index in [0.29, 0.717) is 12.1 Å². The molecule has 0 radical (unpaired) electrons. The minimum Gasteiger partial charge on any atom is -0.326 e. The van der Waals surface area contributed by atoms with Crippen LogP contribution in [-0.2, 0) is 4.79 Å². The first-order chi connectivity index (χ1) is 9.15. The van der Waals surface area contributed by atoms with E-state index in [0.717, 1.165) is 18.1 Å². The molecule has 0 aliphatic carbocycles. The minimum atomic E-state index is -2.52. The molecule has 2 N–H and O–H groups in total. The van der Waals surface area contributed by atoms with Gasteiger partial charge >= 0.3 is 0 Å². The zero-order chi connectivity index (χ0) is 13.7. The molecule has 1 aliphatic heterocycles. The lowest BCUT2D eigenvalue weighted by Gasteiger charge is -2.22. The van der Waals surface area contributed by atoms with Crippen LogP contribution in [0.3, 0.4) is 0 Å². The number of halogens is 2. The molecule has 1 atom stereocenters. The van der Waals surface area contributed by atoms with Gasteiger partial charge in [0.2, 0.25) is 5.91 Å². The average Bonchev–Trinajstić information content (AvgIpc) is 2.40. The van der Waals surface area contributed by atoms with Crippen molar-refractivity contribution >= 4 is 23.4 Å². The van der Waals surface area contributed by atoms with Gasteiger partial charge in [0.1, 0.15) is 0 Å². The Balaban J connectivity index is 1.89. The summed E-state index contributed by atoms with van der Waals surface area (Å²) < 4.78 is 25.1. The third-order valence-electron chi connectivity index (χ3n) is 2.85. The zero-order valence-electron chi connectivity index (χ0n) is 10.4. The van der Waals surface area contributed by atoms with E-state index in [-0.39, 0.29) is 17.5 Å². The largest absolute Gasteiger partial charge is 0.326 e. The highest BCUT2D eigenvalue weighted by Crippen LogP contribution is 2.22. The lowest BCUT2D eigenvalue weighted by Crippen LogP contribution is -2.39. The molecule has 3 nitrogen and oxygen atoms in total. The van der Waals surface area contributed by atoms with E-state index in [2.05, 4.69) is 10.6 Å². The Morgan fingerprint density at radius 1 is 1.53 bits per heavy atom. The van der Waals surface area contributed by atoms with Gasteiger partial charge < -0.3 is 10.6 Å². The van der Waals surface area contributed by atoms with Crippen LogP contribution in [-0.4, -0.2) is 30.0 Å². The summed E-state index contributed by atoms with van der Waals surface area (Å²) in [7, 11) is 0. The highest BCUT2D eigenvalue weighted by atomic mass is 32.2. The van der Waals surface area contributed by atoms with Gasteiger partial charge in [0, 0.05) is 41.8 Å². The summed E-state index contributed by atoms with van der Waals surface area (Å²) in [6.07, 6.45) is -2.15. The van der Waals surface area contributed by atoms with Crippen molar-refractivity contribution in [2.45, 2.75) is 18.9 Å². The van der Waals surface area contributed by atoms with Crippen LogP contribution >= 0.6 is 11.8 Å². The van der Waals surface area contributed by atoms with Gasteiger partial charge in [0.05, 0.1) is 0 Å². The summed E-state index contributed by atoms with van der Waals surface area (Å²) in [4.78, 5) is 11.8. The summed E-state index contributed by atoms with van der Waals surface area (Å²) >= 11 is 1.82. The molecule has 1 unspecified atom stereocenters. The van der Waals surface area contributed by atoms with Gasteiger partial charge in [-0.2, -0.15) is 11.8 Å². The second-order valence-electron chi connectivity index (χ2n) is 4.40. The molecule has 104 valence electrons. The predicted molar refractivity (Wildman–Crippen MR) is 73.8 cm³/mol. The zero-order valence-corrected chi connectivity index (χ0v) is 11.2. The van der Waals surface area contributed by atoms with Crippen LogP contribution < -0.4 is 10.6 Å². The van der Waals surface area contributed by atoms with Gasteiger partial charge in [0.25, 0.3) is 6.43 Å². The molecule has 1 aromatic carbocycles. The molecule has 1 aromatic rings. The topological polar surface area (TPSA) is 41.1 Å². The normalized spacial score (nSPS) is 19.4. The maximum absolute atomic E-state index is 12.5. The Morgan fingerprint density at radius 3 is 3.05 bits per heavy atom. The van der Waals surface area contributed by atoms with Crippen LogP contribution in [0.25, 0.3) is 0 Å². The van der Waals surface area contributed by atoms with Crippen molar-refractivity contribution in [3.05, 3.63) is 29.8 Å². The molecule has 1 aliphatic rings. The molecule has 0 aromatic heterocycles. The van der Waals surface area contributed by atoms with Crippen LogP contribution in [0.15, 0.2) is 24.3 Å². The molecule has 1 heterocycles. The Kier molecular flexibility index (Phi) is 5.15. The fourth-order valence-corrected chi connectivity index (χ4v) is 2.89. The quantitative estimate of drug-likeness (QED) is 0.894. The van der Waals surface area contributed by atoms with Crippen LogP contribution in [0, 0.1) is 0 Å². The number of carbonyl (C=O) groups is 1. The number of benzene rings is 1. The van der Waals surface area contributed by atoms with Crippen molar-refractivity contribution in [3.63, 3.8) is 0 Å². The highest BCUT2D eigenvalue weighted by Gasteiger charge is 2.17. The lowest BCUT2D eigenvalue weighted by molar-refractivity contribution is -0.116. The molecule has 0 bridgehead atoms. The van der Waals surface area contributed by atoms with E-state index in [4.69, 9.17) is 0 Å². The van der Waals surface area contributed by atoms with Crippen molar-refractivity contribution in [1.82, 2.24) is 5.32 Å². The fraction of sp³-hybridized carbons (Fsp3) is 0.462. The molecule has 2 rings (SSSR count). The van der Waals surface area contributed by atoms with Crippen LogP contribution in [0.2, 0.25) is 0 Å². The highest BCUT2D eigenvalue weighted by molar-refractivity contribution is 7.99. The first-order valence-corrected chi connectivity index (χ1v) is 7.29. The Labute approximate surface area is 115 Å². The standard InChI is InChI=1S/C13H16F2N2OS/c14-13(15)9-2-1-3-10(6-9)17-12(18)7-11-8-19-5-4-16-11/h1-3,6,11,13,16H,4-5,7-8H2,(H,17,18). The van der Waals surface area contributed by atoms with Crippen LogP contribution in [0.5, 0.6) is 0 Å². The summed E-state index contributed by atoms with van der Waals surface area (Å²) in [5.41, 5.74) is 0.343. The van der Waals surface area contributed by atoms with Crippen LogP contribution in [0.1, 0.15) is 18.4 Å². The average molecular weight is 286 g/mol. The molecule has 0 saturated carbocycles. The minimum absolute atomic E-state index is 0.0795. The monoisotopic (exact) mass is 286 g/mol. The molecular formula is C13H16F2N2OS. The van der Waals surface area contributed by atoms with Gasteiger partial charge in [0.15, 0.2) is 0 Å². The first-order valence-electron chi connectivity index (χ1n) is 6.14. The first kappa shape index (κ1) is 14.3. The summed E-state index contributed by atoms with van der Waals surface area (Å²) in [5, 5.41) is 5.93. The third-order valence-corrected chi connectivity index (χ3v) is 3.98. The van der Waals surface area contributed by atoms with E-state index in [9.17, 15) is 13.6 Å². The van der Waals surface area contributed by atoms with Gasteiger partial charge in [-0.3, -0.25) is 4.79 Å². The number of amides is 1. The van der Waals surface area contributed by atoms with Crippen molar-refractivity contribution in [1.29, 1.82) is 0 Å². The summed E-state index contributed by atoms with van der Waals surface area (Å²) in [5.74, 6) is 1.82. The number of carbonyl (C=O) groups excluding carboxylic acids is 1. The molecule has 19 heavy (non-hydrogen) atoms. The number of nitrogens with one attached hydrogen (secondary N) is 2. The van der Waals surface area contributed by atoms with E-state index >= 15 is 0 Å². The van der Waals surface area contributed by atoms with Gasteiger partial charge in [-0.15, -0.1) is 0 Å². The molecular weight excluding hydrogens is 270 g/mol. The van der Waals surface area contributed by atoms with E-state index in [1.165, 1.54) is 18.2 Å². The Morgan fingerprint density at radius 2 is 2.37 bits per heavy atom. The maximum atomic E-state index is 12.5. The summed E-state index contributed by atoms with van der Waals surface area (Å²) in [6, 6.07) is 5.96. The number of rotatable bonds is 4. The molecule has 1 saturated heterocycles. The number of hydrogen-bond donors (Lipinski definition) is 2. The number of hydrogen-bond acceptors (Lipinski definition) is 3.